The van der Waals surface area contributed by atoms with E-state index in [-0.39, 0.29) is 11.8 Å². The number of carbonyl (C=O) groups excluding carboxylic acids is 2. The first-order valence-corrected chi connectivity index (χ1v) is 9.57. The number of amides is 2. The minimum Gasteiger partial charge on any atom is -0.273 e. The Morgan fingerprint density at radius 1 is 0.862 bits per heavy atom. The molecule has 1 aromatic heterocycles. The van der Waals surface area contributed by atoms with E-state index in [1.807, 2.05) is 42.5 Å². The Hall–Kier alpha value is -3.22. The maximum absolute atomic E-state index is 13.4. The molecular formula is C22H16ClN3O3. The normalized spacial score (nSPS) is 23.6. The van der Waals surface area contributed by atoms with Gasteiger partial charge in [0.2, 0.25) is 5.91 Å². The van der Waals surface area contributed by atoms with Gasteiger partial charge in [-0.05, 0) is 48.0 Å². The summed E-state index contributed by atoms with van der Waals surface area (Å²) in [5, 5.41) is 2.19. The summed E-state index contributed by atoms with van der Waals surface area (Å²) in [5.74, 6) is -1.35. The fourth-order valence-corrected chi connectivity index (χ4v) is 4.07. The van der Waals surface area contributed by atoms with Crippen LogP contribution < -0.4 is 9.96 Å². The number of benzene rings is 2. The molecule has 3 heterocycles. The summed E-state index contributed by atoms with van der Waals surface area (Å²) >= 11 is 5.95. The van der Waals surface area contributed by atoms with Gasteiger partial charge < -0.3 is 0 Å². The van der Waals surface area contributed by atoms with E-state index in [2.05, 4.69) is 4.98 Å². The number of halogens is 1. The summed E-state index contributed by atoms with van der Waals surface area (Å²) in [5.41, 5.74) is 2.07. The Bertz CT molecular complexity index is 1060. The summed E-state index contributed by atoms with van der Waals surface area (Å²) in [7, 11) is 0. The zero-order valence-corrected chi connectivity index (χ0v) is 15.9. The standard InChI is InChI=1S/C22H16ClN3O3/c23-15-8-10-16(11-9-15)25-21(27)18-19(14-5-4-12-24-13-14)26(29-20(18)22(25)28)17-6-2-1-3-7-17/h1-13,18-20H/t18-,19+,20-/m1/s1. The molecule has 0 bridgehead atoms. The highest BCUT2D eigenvalue weighted by atomic mass is 35.5. The van der Waals surface area contributed by atoms with E-state index in [9.17, 15) is 9.59 Å². The van der Waals surface area contributed by atoms with Crippen molar-refractivity contribution in [3.05, 3.63) is 89.7 Å². The highest BCUT2D eigenvalue weighted by Gasteiger charge is 2.60. The third kappa shape index (κ3) is 2.88. The zero-order valence-electron chi connectivity index (χ0n) is 15.2. The van der Waals surface area contributed by atoms with Gasteiger partial charge in [0.25, 0.3) is 5.91 Å². The van der Waals surface area contributed by atoms with Crippen molar-refractivity contribution < 1.29 is 14.4 Å². The molecule has 2 amide bonds. The lowest BCUT2D eigenvalue weighted by atomic mass is 9.91. The molecule has 2 saturated heterocycles. The van der Waals surface area contributed by atoms with Crippen LogP contribution in [0.25, 0.3) is 0 Å². The van der Waals surface area contributed by atoms with Crippen LogP contribution in [0.1, 0.15) is 11.6 Å². The average molecular weight is 406 g/mol. The molecule has 0 N–H and O–H groups in total. The third-order valence-electron chi connectivity index (χ3n) is 5.24. The van der Waals surface area contributed by atoms with E-state index < -0.39 is 18.1 Å². The van der Waals surface area contributed by atoms with Gasteiger partial charge in [0.05, 0.1) is 17.4 Å². The number of hydrogen-bond acceptors (Lipinski definition) is 5. The molecular weight excluding hydrogens is 390 g/mol. The molecule has 0 radical (unpaired) electrons. The molecule has 3 aromatic rings. The van der Waals surface area contributed by atoms with Crippen molar-refractivity contribution in [2.24, 2.45) is 5.92 Å². The first-order valence-electron chi connectivity index (χ1n) is 9.19. The number of hydrogen-bond donors (Lipinski definition) is 0. The Morgan fingerprint density at radius 3 is 2.31 bits per heavy atom. The smallest absolute Gasteiger partial charge is 0.266 e. The first kappa shape index (κ1) is 17.8. The summed E-state index contributed by atoms with van der Waals surface area (Å²) in [6.07, 6.45) is 2.48. The van der Waals surface area contributed by atoms with Gasteiger partial charge in [0.1, 0.15) is 5.92 Å². The number of carbonyl (C=O) groups is 2. The van der Waals surface area contributed by atoms with Crippen molar-refractivity contribution in [3.8, 4) is 0 Å². The van der Waals surface area contributed by atoms with Gasteiger partial charge in [-0.3, -0.25) is 19.4 Å². The summed E-state index contributed by atoms with van der Waals surface area (Å²) < 4.78 is 0. The van der Waals surface area contributed by atoms with E-state index in [0.717, 1.165) is 11.3 Å². The Balaban J connectivity index is 1.58. The largest absolute Gasteiger partial charge is 0.273 e. The molecule has 0 aliphatic carbocycles. The predicted molar refractivity (Wildman–Crippen MR) is 108 cm³/mol. The number of imide groups is 1. The van der Waals surface area contributed by atoms with E-state index in [1.165, 1.54) is 4.90 Å². The van der Waals surface area contributed by atoms with Gasteiger partial charge in [-0.25, -0.2) is 9.96 Å². The van der Waals surface area contributed by atoms with Crippen LogP contribution >= 0.6 is 11.6 Å². The zero-order chi connectivity index (χ0) is 20.0. The van der Waals surface area contributed by atoms with Crippen molar-refractivity contribution in [2.45, 2.75) is 12.1 Å². The summed E-state index contributed by atoms with van der Waals surface area (Å²) in [6, 6.07) is 19.3. The lowest BCUT2D eigenvalue weighted by molar-refractivity contribution is -0.126. The van der Waals surface area contributed by atoms with Crippen LogP contribution in [-0.4, -0.2) is 22.9 Å². The van der Waals surface area contributed by atoms with Crippen molar-refractivity contribution in [1.82, 2.24) is 4.98 Å². The minimum atomic E-state index is -0.899. The van der Waals surface area contributed by atoms with Gasteiger partial charge in [-0.2, -0.15) is 0 Å². The molecule has 0 unspecified atom stereocenters. The maximum Gasteiger partial charge on any atom is 0.266 e. The molecule has 144 valence electrons. The fourth-order valence-electron chi connectivity index (χ4n) is 3.95. The number of hydroxylamine groups is 1. The quantitative estimate of drug-likeness (QED) is 0.620. The van der Waals surface area contributed by atoms with Gasteiger partial charge in [0, 0.05) is 17.4 Å². The van der Waals surface area contributed by atoms with Gasteiger partial charge in [-0.15, -0.1) is 0 Å². The molecule has 5 rings (SSSR count). The van der Waals surface area contributed by atoms with Crippen LogP contribution in [0.3, 0.4) is 0 Å². The van der Waals surface area contributed by atoms with Crippen molar-refractivity contribution in [3.63, 3.8) is 0 Å². The van der Waals surface area contributed by atoms with Crippen LogP contribution in [0.15, 0.2) is 79.1 Å². The molecule has 0 saturated carbocycles. The number of anilines is 2. The number of fused-ring (bicyclic) bond motifs is 1. The fraction of sp³-hybridized carbons (Fsp3) is 0.136. The maximum atomic E-state index is 13.4. The van der Waals surface area contributed by atoms with Crippen LogP contribution in [0, 0.1) is 5.92 Å². The van der Waals surface area contributed by atoms with Gasteiger partial charge >= 0.3 is 0 Å². The van der Waals surface area contributed by atoms with Crippen LogP contribution in [-0.2, 0) is 14.4 Å². The molecule has 0 spiro atoms. The van der Waals surface area contributed by atoms with E-state index >= 15 is 0 Å². The summed E-state index contributed by atoms with van der Waals surface area (Å²) in [4.78, 5) is 38.0. The third-order valence-corrected chi connectivity index (χ3v) is 5.49. The lowest BCUT2D eigenvalue weighted by Gasteiger charge is -2.28. The van der Waals surface area contributed by atoms with Crippen molar-refractivity contribution in [2.75, 3.05) is 9.96 Å². The van der Waals surface area contributed by atoms with Gasteiger partial charge in [-0.1, -0.05) is 35.9 Å². The Morgan fingerprint density at radius 2 is 1.62 bits per heavy atom. The SMILES string of the molecule is O=C1[C@H]2[C@@H](ON(c3ccccc3)[C@H]2c2cccnc2)C(=O)N1c1ccc(Cl)cc1. The molecule has 29 heavy (non-hydrogen) atoms. The predicted octanol–water partition coefficient (Wildman–Crippen LogP) is 3.79. The number of nitrogens with zero attached hydrogens (tertiary/aromatic N) is 3. The van der Waals surface area contributed by atoms with Crippen LogP contribution in [0.5, 0.6) is 0 Å². The van der Waals surface area contributed by atoms with Crippen LogP contribution in [0.4, 0.5) is 11.4 Å². The Labute approximate surface area is 172 Å². The van der Waals surface area contributed by atoms with E-state index in [0.29, 0.717) is 10.7 Å². The van der Waals surface area contributed by atoms with Crippen molar-refractivity contribution in [1.29, 1.82) is 0 Å². The molecule has 2 aromatic carbocycles. The minimum absolute atomic E-state index is 0.297. The van der Waals surface area contributed by atoms with E-state index in [4.69, 9.17) is 16.4 Å². The first-order chi connectivity index (χ1) is 14.1. The highest BCUT2D eigenvalue weighted by Crippen LogP contribution is 2.47. The number of para-hydroxylation sites is 1. The second-order valence-corrected chi connectivity index (χ2v) is 7.37. The topological polar surface area (TPSA) is 62.7 Å². The second kappa shape index (κ2) is 6.99. The molecule has 7 heteroatoms. The number of pyridine rings is 1. The molecule has 3 atom stereocenters. The van der Waals surface area contributed by atoms with Crippen LogP contribution in [0.2, 0.25) is 5.02 Å². The number of aromatic nitrogens is 1. The Kier molecular flexibility index (Phi) is 4.30. The summed E-state index contributed by atoms with van der Waals surface area (Å²) in [6.45, 7) is 0. The van der Waals surface area contributed by atoms with Crippen molar-refractivity contribution >= 4 is 34.8 Å². The average Bonchev–Trinajstić information content (AvgIpc) is 3.27. The number of rotatable bonds is 3. The second-order valence-electron chi connectivity index (χ2n) is 6.93. The highest BCUT2D eigenvalue weighted by molar-refractivity contribution is 6.31. The van der Waals surface area contributed by atoms with Gasteiger partial charge in [0.15, 0.2) is 6.10 Å². The molecule has 2 fully saturated rings. The molecule has 6 nitrogen and oxygen atoms in total. The molecule has 2 aliphatic rings. The lowest BCUT2D eigenvalue weighted by Crippen LogP contribution is -2.37. The van der Waals surface area contributed by atoms with E-state index in [1.54, 1.807) is 41.7 Å². The monoisotopic (exact) mass is 405 g/mol. The molecule has 2 aliphatic heterocycles.